The maximum Gasteiger partial charge on any atom is 0.419 e. The summed E-state index contributed by atoms with van der Waals surface area (Å²) in [5, 5.41) is 11.1. The molecule has 1 fully saturated rings. The van der Waals surface area contributed by atoms with Crippen molar-refractivity contribution >= 4 is 39.6 Å². The van der Waals surface area contributed by atoms with Gasteiger partial charge in [0.05, 0.1) is 22.6 Å². The molecule has 3 N–H and O–H groups in total. The number of hydrogen-bond donors (Lipinski definition) is 3. The predicted octanol–water partition coefficient (Wildman–Crippen LogP) is 5.53. The van der Waals surface area contributed by atoms with Crippen LogP contribution < -0.4 is 10.6 Å². The summed E-state index contributed by atoms with van der Waals surface area (Å²) in [7, 11) is 0. The van der Waals surface area contributed by atoms with Crippen LogP contribution in [0.2, 0.25) is 0 Å². The highest BCUT2D eigenvalue weighted by Gasteiger charge is 2.36. The summed E-state index contributed by atoms with van der Waals surface area (Å²) in [5.74, 6) is 1.32. The fourth-order valence-electron chi connectivity index (χ4n) is 4.67. The fourth-order valence-corrected chi connectivity index (χ4v) is 5.47. The van der Waals surface area contributed by atoms with Crippen LogP contribution in [0.25, 0.3) is 33.5 Å². The number of hydrogen-bond acceptors (Lipinski definition) is 7. The van der Waals surface area contributed by atoms with Crippen LogP contribution in [0, 0.1) is 19.8 Å². The maximum absolute atomic E-state index is 14.0. The lowest BCUT2D eigenvalue weighted by atomic mass is 10.0. The van der Waals surface area contributed by atoms with Crippen molar-refractivity contribution in [1.82, 2.24) is 30.4 Å². The molecule has 0 radical (unpaired) electrons. The minimum atomic E-state index is -4.61. The van der Waals surface area contributed by atoms with Gasteiger partial charge in [0.25, 0.3) is 0 Å². The number of aryl methyl sites for hydroxylation is 2. The van der Waals surface area contributed by atoms with Gasteiger partial charge in [-0.15, -0.1) is 0 Å². The second kappa shape index (κ2) is 9.96. The SMILES string of the molecule is Cc1noc(C)c1-c1ccc2c(-c3nc(N[C@@H]4CNCC[C@H](CI)C4)ncc3C(F)(F)F)c[nH]c2n1. The number of pyridine rings is 1. The maximum atomic E-state index is 14.0. The number of aromatic nitrogens is 5. The minimum Gasteiger partial charge on any atom is -0.361 e. The highest BCUT2D eigenvalue weighted by molar-refractivity contribution is 14.1. The van der Waals surface area contributed by atoms with Gasteiger partial charge in [-0.05, 0) is 51.3 Å². The Labute approximate surface area is 219 Å². The van der Waals surface area contributed by atoms with Crippen LogP contribution in [-0.4, -0.2) is 48.7 Å². The van der Waals surface area contributed by atoms with Crippen molar-refractivity contribution in [1.29, 1.82) is 0 Å². The molecule has 0 amide bonds. The molecule has 1 aliphatic rings. The number of nitrogens with zero attached hydrogens (tertiary/aromatic N) is 4. The smallest absolute Gasteiger partial charge is 0.361 e. The summed E-state index contributed by atoms with van der Waals surface area (Å²) in [4.78, 5) is 16.0. The van der Waals surface area contributed by atoms with Crippen LogP contribution in [0.5, 0.6) is 0 Å². The number of nitrogens with one attached hydrogen (secondary N) is 3. The summed E-state index contributed by atoms with van der Waals surface area (Å²) >= 11 is 2.38. The lowest BCUT2D eigenvalue weighted by Gasteiger charge is -2.20. The number of fused-ring (bicyclic) bond motifs is 1. The summed E-state index contributed by atoms with van der Waals surface area (Å²) < 4.78 is 48.2. The van der Waals surface area contributed by atoms with Crippen molar-refractivity contribution in [2.45, 2.75) is 38.9 Å². The first-order valence-electron chi connectivity index (χ1n) is 11.6. The fraction of sp³-hybridized carbons (Fsp3) is 0.417. The molecular formula is C24H25F3IN7O. The summed E-state index contributed by atoms with van der Waals surface area (Å²) in [6.45, 7) is 5.23. The molecule has 2 atom stereocenters. The van der Waals surface area contributed by atoms with Gasteiger partial charge in [0.2, 0.25) is 5.95 Å². The first-order valence-corrected chi connectivity index (χ1v) is 13.2. The number of aromatic amines is 1. The first kappa shape index (κ1) is 24.9. The summed E-state index contributed by atoms with van der Waals surface area (Å²) in [6.07, 6.45) is -0.280. The molecule has 0 unspecified atom stereocenters. The van der Waals surface area contributed by atoms with Crippen LogP contribution in [0.1, 0.15) is 29.9 Å². The van der Waals surface area contributed by atoms with Crippen molar-refractivity contribution in [3.63, 3.8) is 0 Å². The first-order chi connectivity index (χ1) is 17.2. The van der Waals surface area contributed by atoms with Gasteiger partial charge in [0, 0.05) is 40.4 Å². The minimum absolute atomic E-state index is 0.0269. The van der Waals surface area contributed by atoms with Crippen molar-refractivity contribution in [3.8, 4) is 22.5 Å². The largest absolute Gasteiger partial charge is 0.419 e. The van der Waals surface area contributed by atoms with Gasteiger partial charge in [-0.3, -0.25) is 0 Å². The molecule has 0 aromatic carbocycles. The van der Waals surface area contributed by atoms with Crippen LogP contribution in [0.3, 0.4) is 0 Å². The highest BCUT2D eigenvalue weighted by Crippen LogP contribution is 2.39. The Morgan fingerprint density at radius 1 is 1.22 bits per heavy atom. The Bertz CT molecular complexity index is 1360. The summed E-state index contributed by atoms with van der Waals surface area (Å²) in [5.41, 5.74) is 1.75. The molecule has 1 saturated heterocycles. The van der Waals surface area contributed by atoms with E-state index in [1.165, 1.54) is 6.20 Å². The second-order valence-corrected chi connectivity index (χ2v) is 9.92. The zero-order valence-corrected chi connectivity index (χ0v) is 21.9. The third kappa shape index (κ3) is 4.92. The van der Waals surface area contributed by atoms with E-state index >= 15 is 0 Å². The summed E-state index contributed by atoms with van der Waals surface area (Å²) in [6, 6.07) is 3.52. The average Bonchev–Trinajstić information content (AvgIpc) is 3.32. The third-order valence-electron chi connectivity index (χ3n) is 6.47. The number of H-pyrrole nitrogens is 1. The van der Waals surface area contributed by atoms with E-state index in [0.717, 1.165) is 35.6 Å². The van der Waals surface area contributed by atoms with E-state index in [-0.39, 0.29) is 17.7 Å². The van der Waals surface area contributed by atoms with Gasteiger partial charge < -0.3 is 20.1 Å². The topological polar surface area (TPSA) is 105 Å². The number of halogens is 4. The van der Waals surface area contributed by atoms with Crippen LogP contribution in [-0.2, 0) is 6.18 Å². The highest BCUT2D eigenvalue weighted by atomic mass is 127. The molecule has 0 spiro atoms. The standard InChI is InChI=1S/C24H25F3IN7O/c1-12-20(13(2)36-35-12)19-4-3-16-17(10-30-22(16)33-19)21-18(24(25,26)27)11-31-23(34-21)32-15-7-14(8-28)5-6-29-9-15/h3-4,10-11,14-15,29H,5-9H2,1-2H3,(H,30,33)(H,31,32,34)/t14-,15-/m0/s1. The Morgan fingerprint density at radius 3 is 2.78 bits per heavy atom. The van der Waals surface area contributed by atoms with E-state index in [0.29, 0.717) is 46.2 Å². The molecule has 0 saturated carbocycles. The molecule has 5 heterocycles. The molecule has 5 rings (SSSR count). The Balaban J connectivity index is 1.54. The quantitative estimate of drug-likeness (QED) is 0.202. The number of alkyl halides is 4. The lowest BCUT2D eigenvalue weighted by molar-refractivity contribution is -0.137. The Kier molecular flexibility index (Phi) is 6.90. The Morgan fingerprint density at radius 2 is 2.06 bits per heavy atom. The van der Waals surface area contributed by atoms with E-state index in [1.807, 2.05) is 6.92 Å². The van der Waals surface area contributed by atoms with E-state index in [1.54, 1.807) is 19.1 Å². The van der Waals surface area contributed by atoms with Crippen LogP contribution in [0.15, 0.2) is 29.0 Å². The second-order valence-electron chi connectivity index (χ2n) is 9.04. The molecular weight excluding hydrogens is 586 g/mol. The zero-order chi connectivity index (χ0) is 25.4. The van der Waals surface area contributed by atoms with Gasteiger partial charge in [0.1, 0.15) is 17.0 Å². The molecule has 36 heavy (non-hydrogen) atoms. The van der Waals surface area contributed by atoms with Gasteiger partial charge in [-0.1, -0.05) is 27.7 Å². The van der Waals surface area contributed by atoms with E-state index in [2.05, 4.69) is 58.3 Å². The van der Waals surface area contributed by atoms with Crippen LogP contribution >= 0.6 is 22.6 Å². The van der Waals surface area contributed by atoms with Crippen molar-refractivity contribution in [2.75, 3.05) is 22.8 Å². The van der Waals surface area contributed by atoms with E-state index < -0.39 is 11.7 Å². The predicted molar refractivity (Wildman–Crippen MR) is 139 cm³/mol. The molecule has 12 heteroatoms. The van der Waals surface area contributed by atoms with Crippen molar-refractivity contribution < 1.29 is 17.7 Å². The van der Waals surface area contributed by atoms with Gasteiger partial charge >= 0.3 is 6.18 Å². The molecule has 0 aliphatic carbocycles. The molecule has 1 aliphatic heterocycles. The number of rotatable bonds is 5. The molecule has 4 aromatic heterocycles. The molecule has 0 bridgehead atoms. The zero-order valence-electron chi connectivity index (χ0n) is 19.7. The van der Waals surface area contributed by atoms with E-state index in [4.69, 9.17) is 4.52 Å². The van der Waals surface area contributed by atoms with Crippen molar-refractivity contribution in [2.24, 2.45) is 5.92 Å². The number of anilines is 1. The Hall–Kier alpha value is -2.74. The van der Waals surface area contributed by atoms with Crippen molar-refractivity contribution in [3.05, 3.63) is 41.5 Å². The van der Waals surface area contributed by atoms with Gasteiger partial charge in [0.15, 0.2) is 0 Å². The van der Waals surface area contributed by atoms with Crippen LogP contribution in [0.4, 0.5) is 19.1 Å². The molecule has 4 aromatic rings. The monoisotopic (exact) mass is 611 g/mol. The van der Waals surface area contributed by atoms with Gasteiger partial charge in [-0.2, -0.15) is 13.2 Å². The van der Waals surface area contributed by atoms with Gasteiger partial charge in [-0.25, -0.2) is 15.0 Å². The van der Waals surface area contributed by atoms with E-state index in [9.17, 15) is 13.2 Å². The molecule has 8 nitrogen and oxygen atoms in total. The third-order valence-corrected chi connectivity index (χ3v) is 7.71. The normalized spacial score (nSPS) is 18.9. The average molecular weight is 611 g/mol. The lowest BCUT2D eigenvalue weighted by Crippen LogP contribution is -2.32. The molecule has 190 valence electrons.